The van der Waals surface area contributed by atoms with E-state index in [9.17, 15) is 9.59 Å². The van der Waals surface area contributed by atoms with Crippen LogP contribution in [0.4, 0.5) is 5.69 Å². The second-order valence-electron chi connectivity index (χ2n) is 7.74. The van der Waals surface area contributed by atoms with Gasteiger partial charge < -0.3 is 10.2 Å². The van der Waals surface area contributed by atoms with E-state index >= 15 is 0 Å². The van der Waals surface area contributed by atoms with Crippen LogP contribution in [0.15, 0.2) is 78.9 Å². The van der Waals surface area contributed by atoms with E-state index in [2.05, 4.69) is 54.0 Å². The van der Waals surface area contributed by atoms with Crippen LogP contribution >= 0.6 is 0 Å². The van der Waals surface area contributed by atoms with Crippen LogP contribution in [0.3, 0.4) is 0 Å². The molecule has 166 valence electrons. The minimum absolute atomic E-state index is 0.00153. The van der Waals surface area contributed by atoms with Gasteiger partial charge in [0.2, 0.25) is 5.91 Å². The number of amides is 2. The molecular formula is C27H31N3O2. The summed E-state index contributed by atoms with van der Waals surface area (Å²) in [6, 6.07) is 25.4. The first-order chi connectivity index (χ1) is 15.5. The number of aryl methyl sites for hydroxylation is 1. The van der Waals surface area contributed by atoms with Crippen molar-refractivity contribution >= 4 is 17.5 Å². The van der Waals surface area contributed by atoms with Crippen LogP contribution in [-0.2, 0) is 4.79 Å². The number of carbonyl (C=O) groups excluding carboxylic acids is 2. The first-order valence-corrected chi connectivity index (χ1v) is 11.1. The molecule has 2 amide bonds. The third-order valence-corrected chi connectivity index (χ3v) is 5.48. The van der Waals surface area contributed by atoms with Gasteiger partial charge in [-0.15, -0.1) is 0 Å². The van der Waals surface area contributed by atoms with Crippen molar-refractivity contribution in [1.82, 2.24) is 10.2 Å². The highest BCUT2D eigenvalue weighted by Crippen LogP contribution is 2.22. The maximum absolute atomic E-state index is 12.6. The number of rotatable bonds is 9. The lowest BCUT2D eigenvalue weighted by molar-refractivity contribution is -0.115. The molecule has 0 aliphatic heterocycles. The maximum Gasteiger partial charge on any atom is 0.253 e. The summed E-state index contributed by atoms with van der Waals surface area (Å²) >= 11 is 0. The van der Waals surface area contributed by atoms with Gasteiger partial charge in [0.05, 0.1) is 12.6 Å². The van der Waals surface area contributed by atoms with Crippen molar-refractivity contribution in [3.8, 4) is 0 Å². The number of nitrogens with zero attached hydrogens (tertiary/aromatic N) is 1. The van der Waals surface area contributed by atoms with Crippen LogP contribution in [0.25, 0.3) is 0 Å². The topological polar surface area (TPSA) is 61.4 Å². The molecule has 0 saturated carbocycles. The van der Waals surface area contributed by atoms with E-state index in [0.29, 0.717) is 24.3 Å². The van der Waals surface area contributed by atoms with Crippen molar-refractivity contribution in [3.05, 3.63) is 101 Å². The molecule has 0 saturated heterocycles. The Balaban J connectivity index is 1.64. The summed E-state index contributed by atoms with van der Waals surface area (Å²) in [7, 11) is 0. The van der Waals surface area contributed by atoms with E-state index in [1.807, 2.05) is 32.0 Å². The average molecular weight is 430 g/mol. The Morgan fingerprint density at radius 2 is 1.41 bits per heavy atom. The normalized spacial score (nSPS) is 11.6. The van der Waals surface area contributed by atoms with Gasteiger partial charge in [-0.1, -0.05) is 60.2 Å². The van der Waals surface area contributed by atoms with Crippen LogP contribution in [0.1, 0.15) is 46.9 Å². The molecule has 1 atom stereocenters. The van der Waals surface area contributed by atoms with Gasteiger partial charge in [0.15, 0.2) is 0 Å². The molecule has 32 heavy (non-hydrogen) atoms. The van der Waals surface area contributed by atoms with Gasteiger partial charge in [-0.2, -0.15) is 0 Å². The first-order valence-electron chi connectivity index (χ1n) is 11.1. The first kappa shape index (κ1) is 23.2. The maximum atomic E-state index is 12.6. The van der Waals surface area contributed by atoms with Crippen LogP contribution in [0.2, 0.25) is 0 Å². The molecule has 0 heterocycles. The Bertz CT molecular complexity index is 1010. The second kappa shape index (κ2) is 11.3. The fraction of sp³-hybridized carbons (Fsp3) is 0.259. The van der Waals surface area contributed by atoms with Gasteiger partial charge in [-0.3, -0.25) is 14.9 Å². The summed E-state index contributed by atoms with van der Waals surface area (Å²) in [4.78, 5) is 26.8. The molecule has 0 aliphatic carbocycles. The van der Waals surface area contributed by atoms with Crippen molar-refractivity contribution in [3.63, 3.8) is 0 Å². The molecule has 0 radical (unpaired) electrons. The number of carbonyl (C=O) groups is 2. The lowest BCUT2D eigenvalue weighted by Gasteiger charge is -2.20. The van der Waals surface area contributed by atoms with Crippen molar-refractivity contribution in [2.24, 2.45) is 0 Å². The summed E-state index contributed by atoms with van der Waals surface area (Å²) < 4.78 is 0. The Morgan fingerprint density at radius 3 is 2.00 bits per heavy atom. The SMILES string of the molecule is CCN(CC)C(=O)c1ccc(NC(=O)CN[C@H](c2ccccc2)c2ccc(C)cc2)cc1. The molecule has 3 aromatic rings. The fourth-order valence-corrected chi connectivity index (χ4v) is 3.62. The highest BCUT2D eigenvalue weighted by molar-refractivity contribution is 5.96. The predicted octanol–water partition coefficient (Wildman–Crippen LogP) is 4.79. The summed E-state index contributed by atoms with van der Waals surface area (Å²) in [5, 5.41) is 6.29. The van der Waals surface area contributed by atoms with Gasteiger partial charge >= 0.3 is 0 Å². The zero-order valence-electron chi connectivity index (χ0n) is 19.0. The molecule has 0 aliphatic rings. The quantitative estimate of drug-likeness (QED) is 0.514. The molecule has 3 aromatic carbocycles. The van der Waals surface area contributed by atoms with Crippen LogP contribution in [0.5, 0.6) is 0 Å². The summed E-state index contributed by atoms with van der Waals surface area (Å²) in [6.07, 6.45) is 0. The van der Waals surface area contributed by atoms with E-state index < -0.39 is 0 Å². The Kier molecular flexibility index (Phi) is 8.17. The third kappa shape index (κ3) is 6.05. The summed E-state index contributed by atoms with van der Waals surface area (Å²) in [6.45, 7) is 7.48. The molecule has 5 nitrogen and oxygen atoms in total. The Morgan fingerprint density at radius 1 is 0.812 bits per heavy atom. The van der Waals surface area contributed by atoms with Crippen molar-refractivity contribution in [1.29, 1.82) is 0 Å². The van der Waals surface area contributed by atoms with Crippen molar-refractivity contribution in [2.75, 3.05) is 25.0 Å². The number of nitrogens with one attached hydrogen (secondary N) is 2. The monoisotopic (exact) mass is 429 g/mol. The van der Waals surface area contributed by atoms with E-state index in [1.54, 1.807) is 29.2 Å². The highest BCUT2D eigenvalue weighted by atomic mass is 16.2. The number of anilines is 1. The number of benzene rings is 3. The van der Waals surface area contributed by atoms with Crippen molar-refractivity contribution < 1.29 is 9.59 Å². The molecule has 0 bridgehead atoms. The average Bonchev–Trinajstić information content (AvgIpc) is 2.82. The Labute approximate surface area is 190 Å². The molecule has 0 fully saturated rings. The zero-order chi connectivity index (χ0) is 22.9. The van der Waals surface area contributed by atoms with E-state index in [-0.39, 0.29) is 24.4 Å². The molecule has 0 unspecified atom stereocenters. The molecule has 3 rings (SSSR count). The van der Waals surface area contributed by atoms with E-state index in [4.69, 9.17) is 0 Å². The smallest absolute Gasteiger partial charge is 0.253 e. The minimum atomic E-state index is -0.138. The largest absolute Gasteiger partial charge is 0.339 e. The van der Waals surface area contributed by atoms with Crippen LogP contribution in [-0.4, -0.2) is 36.3 Å². The van der Waals surface area contributed by atoms with Gasteiger partial charge in [0, 0.05) is 24.3 Å². The van der Waals surface area contributed by atoms with Crippen molar-refractivity contribution in [2.45, 2.75) is 26.8 Å². The predicted molar refractivity (Wildman–Crippen MR) is 130 cm³/mol. The highest BCUT2D eigenvalue weighted by Gasteiger charge is 2.16. The fourth-order valence-electron chi connectivity index (χ4n) is 3.62. The van der Waals surface area contributed by atoms with Crippen LogP contribution < -0.4 is 10.6 Å². The van der Waals surface area contributed by atoms with Gasteiger partial charge in [-0.25, -0.2) is 0 Å². The lowest BCUT2D eigenvalue weighted by atomic mass is 9.98. The van der Waals surface area contributed by atoms with Crippen LogP contribution in [0, 0.1) is 6.92 Å². The third-order valence-electron chi connectivity index (χ3n) is 5.48. The van der Waals surface area contributed by atoms with E-state index in [0.717, 1.165) is 11.1 Å². The van der Waals surface area contributed by atoms with Gasteiger partial charge in [-0.05, 0) is 56.2 Å². The second-order valence-corrected chi connectivity index (χ2v) is 7.74. The summed E-state index contributed by atoms with van der Waals surface area (Å²) in [5.41, 5.74) is 4.69. The molecule has 0 aromatic heterocycles. The minimum Gasteiger partial charge on any atom is -0.339 e. The van der Waals surface area contributed by atoms with E-state index in [1.165, 1.54) is 5.56 Å². The zero-order valence-corrected chi connectivity index (χ0v) is 19.0. The molecule has 5 heteroatoms. The Hall–Kier alpha value is -3.44. The van der Waals surface area contributed by atoms with Gasteiger partial charge in [0.25, 0.3) is 5.91 Å². The molecule has 0 spiro atoms. The standard InChI is InChI=1S/C27H31N3O2/c1-4-30(5-2)27(32)23-15-17-24(18-16-23)29-25(31)19-28-26(21-9-7-6-8-10-21)22-13-11-20(3)12-14-22/h6-18,26,28H,4-5,19H2,1-3H3,(H,29,31)/t26-/m1/s1. The number of hydrogen-bond acceptors (Lipinski definition) is 3. The molecule has 2 N–H and O–H groups in total. The molecular weight excluding hydrogens is 398 g/mol. The summed E-state index contributed by atoms with van der Waals surface area (Å²) in [5.74, 6) is -0.140. The van der Waals surface area contributed by atoms with Gasteiger partial charge in [0.1, 0.15) is 0 Å². The lowest BCUT2D eigenvalue weighted by Crippen LogP contribution is -2.32. The number of hydrogen-bond donors (Lipinski definition) is 2.